The van der Waals surface area contributed by atoms with Gasteiger partial charge in [0.1, 0.15) is 5.75 Å². The minimum absolute atomic E-state index is 0.0201. The predicted octanol–water partition coefficient (Wildman–Crippen LogP) is 3.83. The van der Waals surface area contributed by atoms with Crippen molar-refractivity contribution < 1.29 is 14.6 Å². The van der Waals surface area contributed by atoms with Crippen LogP contribution >= 0.6 is 0 Å². The summed E-state index contributed by atoms with van der Waals surface area (Å²) in [4.78, 5) is 15.0. The number of amides is 1. The minimum Gasteiger partial charge on any atom is -0.497 e. The second-order valence-electron chi connectivity index (χ2n) is 7.72. The molecule has 0 aliphatic heterocycles. The zero-order chi connectivity index (χ0) is 22.6. The van der Waals surface area contributed by atoms with Crippen molar-refractivity contribution in [3.8, 4) is 5.75 Å². The Hall–Kier alpha value is -3.15. The largest absolute Gasteiger partial charge is 0.497 e. The van der Waals surface area contributed by atoms with Crippen LogP contribution in [0.15, 0.2) is 84.9 Å². The molecule has 32 heavy (non-hydrogen) atoms. The molecule has 5 nitrogen and oxygen atoms in total. The van der Waals surface area contributed by atoms with Crippen LogP contribution in [0.4, 0.5) is 0 Å². The van der Waals surface area contributed by atoms with Gasteiger partial charge in [0.2, 0.25) is 5.91 Å². The summed E-state index contributed by atoms with van der Waals surface area (Å²) in [5.41, 5.74) is 3.40. The van der Waals surface area contributed by atoms with E-state index in [0.29, 0.717) is 19.5 Å². The van der Waals surface area contributed by atoms with Gasteiger partial charge < -0.3 is 15.2 Å². The Balaban J connectivity index is 1.68. The predicted molar refractivity (Wildman–Crippen MR) is 128 cm³/mol. The average molecular weight is 433 g/mol. The van der Waals surface area contributed by atoms with Crippen LogP contribution in [-0.4, -0.2) is 49.3 Å². The number of nitrogens with one attached hydrogen (secondary N) is 1. The monoisotopic (exact) mass is 432 g/mol. The standard InChI is InChI=1S/C27H32N2O3/c1-32-25-15-13-22(14-16-25)17-18-28-26(31)21-29(19-8-20-30)27(23-9-4-2-5-10-23)24-11-6-3-7-12-24/h2-7,9-16,27,30H,8,17-21H2,1H3,(H,28,31). The van der Waals surface area contributed by atoms with E-state index in [2.05, 4.69) is 34.5 Å². The molecule has 5 heteroatoms. The van der Waals surface area contributed by atoms with Crippen molar-refractivity contribution in [2.75, 3.05) is 33.4 Å². The molecule has 0 aliphatic carbocycles. The van der Waals surface area contributed by atoms with E-state index in [1.165, 1.54) is 0 Å². The Morgan fingerprint density at radius 3 is 2.06 bits per heavy atom. The molecule has 0 aliphatic rings. The number of benzene rings is 3. The minimum atomic E-state index is -0.0590. The van der Waals surface area contributed by atoms with Crippen molar-refractivity contribution in [3.05, 3.63) is 102 Å². The highest BCUT2D eigenvalue weighted by atomic mass is 16.5. The number of nitrogens with zero attached hydrogens (tertiary/aromatic N) is 1. The van der Waals surface area contributed by atoms with Gasteiger partial charge in [0.05, 0.1) is 19.7 Å². The summed E-state index contributed by atoms with van der Waals surface area (Å²) in [5.74, 6) is 0.804. The Morgan fingerprint density at radius 1 is 0.938 bits per heavy atom. The highest BCUT2D eigenvalue weighted by molar-refractivity contribution is 5.78. The van der Waals surface area contributed by atoms with Crippen molar-refractivity contribution in [3.63, 3.8) is 0 Å². The number of hydrogen-bond donors (Lipinski definition) is 2. The average Bonchev–Trinajstić information content (AvgIpc) is 2.84. The van der Waals surface area contributed by atoms with Crippen molar-refractivity contribution in [2.45, 2.75) is 18.9 Å². The summed E-state index contributed by atoms with van der Waals surface area (Å²) >= 11 is 0. The van der Waals surface area contributed by atoms with Crippen molar-refractivity contribution in [2.24, 2.45) is 0 Å². The molecule has 0 bridgehead atoms. The molecule has 3 aromatic rings. The number of ether oxygens (including phenoxy) is 1. The van der Waals surface area contributed by atoms with Crippen LogP contribution in [0, 0.1) is 0 Å². The molecule has 0 unspecified atom stereocenters. The van der Waals surface area contributed by atoms with Crippen molar-refractivity contribution in [1.29, 1.82) is 0 Å². The first-order valence-corrected chi connectivity index (χ1v) is 11.1. The zero-order valence-electron chi connectivity index (χ0n) is 18.6. The molecule has 2 N–H and O–H groups in total. The molecule has 168 valence electrons. The Labute approximate surface area is 190 Å². The summed E-state index contributed by atoms with van der Waals surface area (Å²) < 4.78 is 5.19. The topological polar surface area (TPSA) is 61.8 Å². The van der Waals surface area contributed by atoms with Gasteiger partial charge in [-0.25, -0.2) is 0 Å². The van der Waals surface area contributed by atoms with E-state index in [1.807, 2.05) is 60.7 Å². The molecular formula is C27H32N2O3. The SMILES string of the molecule is COc1ccc(CCNC(=O)CN(CCCO)C(c2ccccc2)c2ccccc2)cc1. The molecular weight excluding hydrogens is 400 g/mol. The molecule has 1 amide bonds. The van der Waals surface area contributed by atoms with Gasteiger partial charge in [-0.2, -0.15) is 0 Å². The Kier molecular flexibility index (Phi) is 9.29. The lowest BCUT2D eigenvalue weighted by Gasteiger charge is -2.32. The number of carbonyl (C=O) groups excluding carboxylic acids is 1. The molecule has 0 atom stereocenters. The molecule has 0 fully saturated rings. The van der Waals surface area contributed by atoms with Crippen LogP contribution in [0.5, 0.6) is 5.75 Å². The second-order valence-corrected chi connectivity index (χ2v) is 7.72. The molecule has 0 spiro atoms. The Bertz CT molecular complexity index is 891. The van der Waals surface area contributed by atoms with Gasteiger partial charge in [-0.1, -0.05) is 72.8 Å². The normalized spacial score (nSPS) is 11.0. The van der Waals surface area contributed by atoms with E-state index in [4.69, 9.17) is 4.74 Å². The van der Waals surface area contributed by atoms with Crippen molar-refractivity contribution in [1.82, 2.24) is 10.2 Å². The lowest BCUT2D eigenvalue weighted by atomic mass is 9.96. The van der Waals surface area contributed by atoms with Crippen LogP contribution in [0.25, 0.3) is 0 Å². The van der Waals surface area contributed by atoms with E-state index in [9.17, 15) is 9.90 Å². The maximum Gasteiger partial charge on any atom is 0.234 e. The van der Waals surface area contributed by atoms with Gasteiger partial charge >= 0.3 is 0 Å². The first kappa shape index (κ1) is 23.5. The number of rotatable bonds is 12. The molecule has 3 rings (SSSR count). The van der Waals surface area contributed by atoms with Crippen LogP contribution in [0.3, 0.4) is 0 Å². The zero-order valence-corrected chi connectivity index (χ0v) is 18.6. The maximum atomic E-state index is 12.8. The fourth-order valence-corrected chi connectivity index (χ4v) is 3.84. The van der Waals surface area contributed by atoms with Crippen molar-refractivity contribution >= 4 is 5.91 Å². The number of aliphatic hydroxyl groups is 1. The Morgan fingerprint density at radius 2 is 1.53 bits per heavy atom. The van der Waals surface area contributed by atoms with Crippen LogP contribution in [0.1, 0.15) is 29.2 Å². The van der Waals surface area contributed by atoms with E-state index in [1.54, 1.807) is 7.11 Å². The summed E-state index contributed by atoms with van der Waals surface area (Å²) in [7, 11) is 1.65. The van der Waals surface area contributed by atoms with Crippen LogP contribution in [0.2, 0.25) is 0 Å². The van der Waals surface area contributed by atoms with Gasteiger partial charge in [0.15, 0.2) is 0 Å². The van der Waals surface area contributed by atoms with Gasteiger partial charge in [-0.3, -0.25) is 9.69 Å². The molecule has 0 aromatic heterocycles. The van der Waals surface area contributed by atoms with Gasteiger partial charge in [-0.15, -0.1) is 0 Å². The summed E-state index contributed by atoms with van der Waals surface area (Å²) in [6, 6.07) is 28.2. The molecule has 0 heterocycles. The van der Waals surface area contributed by atoms with Gasteiger partial charge in [0.25, 0.3) is 0 Å². The molecule has 0 radical (unpaired) electrons. The second kappa shape index (κ2) is 12.6. The van der Waals surface area contributed by atoms with E-state index in [-0.39, 0.29) is 25.1 Å². The van der Waals surface area contributed by atoms with Gasteiger partial charge in [0, 0.05) is 19.7 Å². The van der Waals surface area contributed by atoms with Crippen LogP contribution in [-0.2, 0) is 11.2 Å². The summed E-state index contributed by atoms with van der Waals surface area (Å²) in [6.45, 7) is 1.54. The van der Waals surface area contributed by atoms with E-state index < -0.39 is 0 Å². The first-order chi connectivity index (χ1) is 15.7. The lowest BCUT2D eigenvalue weighted by Crippen LogP contribution is -2.41. The lowest BCUT2D eigenvalue weighted by molar-refractivity contribution is -0.122. The summed E-state index contributed by atoms with van der Waals surface area (Å²) in [5, 5.41) is 12.5. The highest BCUT2D eigenvalue weighted by Gasteiger charge is 2.24. The summed E-state index contributed by atoms with van der Waals surface area (Å²) in [6.07, 6.45) is 1.36. The highest BCUT2D eigenvalue weighted by Crippen LogP contribution is 2.28. The van der Waals surface area contributed by atoms with Crippen LogP contribution < -0.4 is 10.1 Å². The fraction of sp³-hybridized carbons (Fsp3) is 0.296. The number of aliphatic hydroxyl groups excluding tert-OH is 1. The first-order valence-electron chi connectivity index (χ1n) is 11.1. The number of hydrogen-bond acceptors (Lipinski definition) is 4. The smallest absolute Gasteiger partial charge is 0.234 e. The third-order valence-corrected chi connectivity index (χ3v) is 5.44. The third kappa shape index (κ3) is 6.94. The number of carbonyl (C=O) groups is 1. The molecule has 3 aromatic carbocycles. The van der Waals surface area contributed by atoms with Gasteiger partial charge in [-0.05, 0) is 41.7 Å². The van der Waals surface area contributed by atoms with E-state index in [0.717, 1.165) is 28.9 Å². The molecule has 0 saturated carbocycles. The molecule has 0 saturated heterocycles. The van der Waals surface area contributed by atoms with E-state index >= 15 is 0 Å². The fourth-order valence-electron chi connectivity index (χ4n) is 3.84. The maximum absolute atomic E-state index is 12.8. The quantitative estimate of drug-likeness (QED) is 0.457. The number of methoxy groups -OCH3 is 1. The third-order valence-electron chi connectivity index (χ3n) is 5.44.